The van der Waals surface area contributed by atoms with Crippen LogP contribution >= 0.6 is 0 Å². The zero-order valence-corrected chi connectivity index (χ0v) is 16.1. The Balaban J connectivity index is 1.74. The molecule has 0 bridgehead atoms. The number of nitrogens with zero attached hydrogens (tertiary/aromatic N) is 5. The van der Waals surface area contributed by atoms with Gasteiger partial charge in [0, 0.05) is 57.6 Å². The number of carbonyl (C=O) groups is 1. The minimum absolute atomic E-state index is 0.0491. The van der Waals surface area contributed by atoms with Gasteiger partial charge >= 0.3 is 0 Å². The molecule has 2 heterocycles. The Kier molecular flexibility index (Phi) is 6.01. The van der Waals surface area contributed by atoms with E-state index in [1.54, 1.807) is 18.5 Å². The third-order valence-electron chi connectivity index (χ3n) is 4.84. The largest absolute Gasteiger partial charge is 0.363 e. The highest BCUT2D eigenvalue weighted by Gasteiger charge is 2.25. The maximum absolute atomic E-state index is 13.2. The fraction of sp³-hybridized carbons (Fsp3) is 0.450. The molecule has 27 heavy (non-hydrogen) atoms. The van der Waals surface area contributed by atoms with Crippen molar-refractivity contribution in [1.29, 1.82) is 0 Å². The van der Waals surface area contributed by atoms with Gasteiger partial charge in [-0.15, -0.1) is 0 Å². The molecule has 1 aromatic carbocycles. The Morgan fingerprint density at radius 3 is 2.63 bits per heavy atom. The number of carbonyl (C=O) groups excluding carboxylic acids is 1. The third-order valence-corrected chi connectivity index (χ3v) is 4.84. The van der Waals surface area contributed by atoms with E-state index in [0.717, 1.165) is 31.0 Å². The predicted octanol–water partition coefficient (Wildman–Crippen LogP) is 1.93. The second-order valence-electron chi connectivity index (χ2n) is 7.35. The maximum atomic E-state index is 13.2. The highest BCUT2D eigenvalue weighted by atomic mass is 19.1. The van der Waals surface area contributed by atoms with Crippen molar-refractivity contribution in [3.63, 3.8) is 0 Å². The molecular formula is C20H26FN5O. The summed E-state index contributed by atoms with van der Waals surface area (Å²) < 4.78 is 13.2. The summed E-state index contributed by atoms with van der Waals surface area (Å²) in [5.41, 5.74) is 1.50. The number of halogens is 1. The van der Waals surface area contributed by atoms with Gasteiger partial charge < -0.3 is 14.7 Å². The summed E-state index contributed by atoms with van der Waals surface area (Å²) in [4.78, 5) is 27.6. The molecule has 1 aromatic heterocycles. The molecule has 6 nitrogen and oxygen atoms in total. The minimum atomic E-state index is -0.333. The number of likely N-dealkylation sites (N-methyl/N-ethyl adjacent to an activating group) is 1. The van der Waals surface area contributed by atoms with Crippen LogP contribution in [0.1, 0.15) is 16.1 Å². The van der Waals surface area contributed by atoms with E-state index in [0.29, 0.717) is 18.7 Å². The van der Waals surface area contributed by atoms with E-state index < -0.39 is 0 Å². The van der Waals surface area contributed by atoms with Gasteiger partial charge in [0.05, 0.1) is 0 Å². The molecule has 0 unspecified atom stereocenters. The van der Waals surface area contributed by atoms with Gasteiger partial charge in [0.25, 0.3) is 5.91 Å². The Morgan fingerprint density at radius 1 is 1.19 bits per heavy atom. The van der Waals surface area contributed by atoms with Crippen molar-refractivity contribution in [3.8, 4) is 0 Å². The Morgan fingerprint density at radius 2 is 1.93 bits per heavy atom. The van der Waals surface area contributed by atoms with Gasteiger partial charge in [-0.3, -0.25) is 4.79 Å². The number of amides is 1. The molecule has 1 saturated heterocycles. The summed E-state index contributed by atoms with van der Waals surface area (Å²) in [5.74, 6) is 0.764. The first kappa shape index (κ1) is 19.2. The Hall–Kier alpha value is -2.54. The monoisotopic (exact) mass is 371 g/mol. The summed E-state index contributed by atoms with van der Waals surface area (Å²) in [6.45, 7) is 3.03. The molecule has 1 aliphatic heterocycles. The van der Waals surface area contributed by atoms with Crippen LogP contribution in [0.2, 0.25) is 0 Å². The lowest BCUT2D eigenvalue weighted by atomic mass is 10.0. The van der Waals surface area contributed by atoms with Gasteiger partial charge in [-0.25, -0.2) is 14.4 Å². The summed E-state index contributed by atoms with van der Waals surface area (Å²) in [6.07, 6.45) is 2.37. The lowest BCUT2D eigenvalue weighted by Crippen LogP contribution is -2.36. The van der Waals surface area contributed by atoms with Crippen LogP contribution in [0.3, 0.4) is 0 Å². The molecule has 0 aliphatic carbocycles. The fourth-order valence-electron chi connectivity index (χ4n) is 3.41. The number of aromatic nitrogens is 2. The van der Waals surface area contributed by atoms with E-state index in [1.165, 1.54) is 12.1 Å². The average molecular weight is 371 g/mol. The van der Waals surface area contributed by atoms with E-state index in [4.69, 9.17) is 0 Å². The first-order valence-electron chi connectivity index (χ1n) is 9.14. The van der Waals surface area contributed by atoms with Gasteiger partial charge in [0.1, 0.15) is 18.0 Å². The van der Waals surface area contributed by atoms with Gasteiger partial charge in [0.2, 0.25) is 0 Å². The smallest absolute Gasteiger partial charge is 0.253 e. The summed E-state index contributed by atoms with van der Waals surface area (Å²) in [6, 6.07) is 7.76. The van der Waals surface area contributed by atoms with Crippen LogP contribution in [0.4, 0.5) is 10.2 Å². The quantitative estimate of drug-likeness (QED) is 0.822. The topological polar surface area (TPSA) is 52.6 Å². The number of hydrogen-bond donors (Lipinski definition) is 0. The molecule has 3 rings (SSSR count). The first-order chi connectivity index (χ1) is 12.9. The second-order valence-corrected chi connectivity index (χ2v) is 7.35. The van der Waals surface area contributed by atoms with Gasteiger partial charge in [-0.2, -0.15) is 0 Å². The molecule has 1 atom stereocenters. The van der Waals surface area contributed by atoms with Crippen LogP contribution in [0.5, 0.6) is 0 Å². The Labute approximate surface area is 159 Å². The average Bonchev–Trinajstić information content (AvgIpc) is 2.83. The summed E-state index contributed by atoms with van der Waals surface area (Å²) in [5, 5.41) is 0. The van der Waals surface area contributed by atoms with Crippen molar-refractivity contribution < 1.29 is 9.18 Å². The van der Waals surface area contributed by atoms with E-state index in [1.807, 2.05) is 30.0 Å². The van der Waals surface area contributed by atoms with Crippen LogP contribution in [0.25, 0.3) is 0 Å². The molecule has 1 amide bonds. The van der Waals surface area contributed by atoms with Crippen molar-refractivity contribution in [1.82, 2.24) is 19.8 Å². The SMILES string of the molecule is CN1CCN(C(=O)c2ccc(F)cc2)C[C@H](Cc2cc(N(C)C)ncn2)C1. The molecule has 0 spiro atoms. The van der Waals surface area contributed by atoms with Crippen molar-refractivity contribution in [2.24, 2.45) is 5.92 Å². The molecule has 144 valence electrons. The first-order valence-corrected chi connectivity index (χ1v) is 9.14. The third kappa shape index (κ3) is 5.01. The summed E-state index contributed by atoms with van der Waals surface area (Å²) >= 11 is 0. The maximum Gasteiger partial charge on any atom is 0.253 e. The number of benzene rings is 1. The highest BCUT2D eigenvalue weighted by molar-refractivity contribution is 5.94. The zero-order chi connectivity index (χ0) is 19.4. The van der Waals surface area contributed by atoms with E-state index in [-0.39, 0.29) is 17.6 Å². The minimum Gasteiger partial charge on any atom is -0.363 e. The van der Waals surface area contributed by atoms with Crippen molar-refractivity contribution in [2.45, 2.75) is 6.42 Å². The molecule has 1 fully saturated rings. The van der Waals surface area contributed by atoms with Crippen LogP contribution in [0.15, 0.2) is 36.7 Å². The number of anilines is 1. The van der Waals surface area contributed by atoms with Gasteiger partial charge in [0.15, 0.2) is 0 Å². The zero-order valence-electron chi connectivity index (χ0n) is 16.1. The lowest BCUT2D eigenvalue weighted by molar-refractivity contribution is 0.0746. The fourth-order valence-corrected chi connectivity index (χ4v) is 3.41. The van der Waals surface area contributed by atoms with Crippen molar-refractivity contribution in [3.05, 3.63) is 53.7 Å². The Bertz CT molecular complexity index is 780. The van der Waals surface area contributed by atoms with Gasteiger partial charge in [-0.1, -0.05) is 0 Å². The number of hydrogen-bond acceptors (Lipinski definition) is 5. The molecule has 0 N–H and O–H groups in total. The molecule has 0 saturated carbocycles. The van der Waals surface area contributed by atoms with E-state index in [2.05, 4.69) is 21.9 Å². The van der Waals surface area contributed by atoms with Gasteiger partial charge in [-0.05, 0) is 43.7 Å². The lowest BCUT2D eigenvalue weighted by Gasteiger charge is -2.24. The summed E-state index contributed by atoms with van der Waals surface area (Å²) in [7, 11) is 5.98. The highest BCUT2D eigenvalue weighted by Crippen LogP contribution is 2.18. The van der Waals surface area contributed by atoms with Crippen LogP contribution < -0.4 is 4.90 Å². The van der Waals surface area contributed by atoms with Crippen molar-refractivity contribution in [2.75, 3.05) is 52.2 Å². The standard InChI is InChI=1S/C20H26FN5O/c1-24(2)19-11-18(22-14-23-19)10-15-12-25(3)8-9-26(13-15)20(27)16-4-6-17(21)7-5-16/h4-7,11,14-15H,8-10,12-13H2,1-3H3/t15-/m1/s1. The molecular weight excluding hydrogens is 345 g/mol. The normalized spacial score (nSPS) is 18.2. The van der Waals surface area contributed by atoms with Crippen LogP contribution in [-0.4, -0.2) is 73.0 Å². The molecule has 0 radical (unpaired) electrons. The molecule has 1 aliphatic rings. The molecule has 2 aromatic rings. The predicted molar refractivity (Wildman–Crippen MR) is 103 cm³/mol. The van der Waals surface area contributed by atoms with Crippen molar-refractivity contribution >= 4 is 11.7 Å². The van der Waals surface area contributed by atoms with Crippen LogP contribution in [0, 0.1) is 11.7 Å². The van der Waals surface area contributed by atoms with Crippen LogP contribution in [-0.2, 0) is 6.42 Å². The van der Waals surface area contributed by atoms with E-state index in [9.17, 15) is 9.18 Å². The van der Waals surface area contributed by atoms with E-state index >= 15 is 0 Å². The second kappa shape index (κ2) is 8.43. The number of rotatable bonds is 4. The molecule has 7 heteroatoms.